The third-order valence-electron chi connectivity index (χ3n) is 6.40. The van der Waals surface area contributed by atoms with Gasteiger partial charge < -0.3 is 32.8 Å². The van der Waals surface area contributed by atoms with Gasteiger partial charge in [0.15, 0.2) is 0 Å². The van der Waals surface area contributed by atoms with Gasteiger partial charge in [-0.3, -0.25) is 4.79 Å². The predicted molar refractivity (Wildman–Crippen MR) is 142 cm³/mol. The molecule has 9 nitrogen and oxygen atoms in total. The van der Waals surface area contributed by atoms with Gasteiger partial charge in [-0.1, -0.05) is 31.2 Å². The van der Waals surface area contributed by atoms with E-state index in [1.807, 2.05) is 36.4 Å². The lowest BCUT2D eigenvalue weighted by molar-refractivity contribution is -0.131. The number of amides is 1. The largest absolute Gasteiger partial charge is 0.500 e. The molecule has 2 aromatic rings. The van der Waals surface area contributed by atoms with Gasteiger partial charge in [0, 0.05) is 46.3 Å². The monoisotopic (exact) mass is 533 g/mol. The average molecular weight is 534 g/mol. The van der Waals surface area contributed by atoms with Crippen molar-refractivity contribution in [1.29, 1.82) is 0 Å². The lowest BCUT2D eigenvalue weighted by Gasteiger charge is -2.31. The van der Waals surface area contributed by atoms with Crippen molar-refractivity contribution in [1.82, 2.24) is 5.32 Å². The van der Waals surface area contributed by atoms with E-state index >= 15 is 0 Å². The molecule has 0 radical (unpaired) electrons. The highest BCUT2D eigenvalue weighted by Gasteiger charge is 2.36. The van der Waals surface area contributed by atoms with E-state index in [9.17, 15) is 9.59 Å². The van der Waals surface area contributed by atoms with Crippen LogP contribution in [0.15, 0.2) is 48.5 Å². The fourth-order valence-corrected chi connectivity index (χ4v) is 5.89. The SMILES string of the molecule is COc1ccc(C(C)(CCCOC(=O)NCCC[Si](OC)(OC)OC)c2ccc(OC(C)=O)cc2)cc1. The molecular weight excluding hydrogens is 494 g/mol. The molecule has 0 aliphatic heterocycles. The van der Waals surface area contributed by atoms with Crippen LogP contribution in [0.1, 0.15) is 44.2 Å². The van der Waals surface area contributed by atoms with E-state index in [1.165, 1.54) is 6.92 Å². The molecule has 0 fully saturated rings. The zero-order chi connectivity index (χ0) is 27.3. The molecule has 10 heteroatoms. The number of carbonyl (C=O) groups is 2. The van der Waals surface area contributed by atoms with Gasteiger partial charge in [-0.2, -0.15) is 0 Å². The van der Waals surface area contributed by atoms with Crippen LogP contribution in [0.2, 0.25) is 6.04 Å². The first kappa shape index (κ1) is 30.3. The molecule has 0 aromatic heterocycles. The van der Waals surface area contributed by atoms with E-state index in [4.69, 9.17) is 27.5 Å². The van der Waals surface area contributed by atoms with E-state index in [0.717, 1.165) is 23.3 Å². The zero-order valence-electron chi connectivity index (χ0n) is 22.6. The smallest absolute Gasteiger partial charge is 0.497 e. The lowest BCUT2D eigenvalue weighted by Crippen LogP contribution is -2.43. The molecule has 0 spiro atoms. The second kappa shape index (κ2) is 14.7. The van der Waals surface area contributed by atoms with Crippen molar-refractivity contribution in [2.45, 2.75) is 44.6 Å². The van der Waals surface area contributed by atoms with Crippen LogP contribution in [-0.2, 0) is 28.2 Å². The summed E-state index contributed by atoms with van der Waals surface area (Å²) in [6.07, 6.45) is 1.56. The van der Waals surface area contributed by atoms with Crippen LogP contribution >= 0.6 is 0 Å². The quantitative estimate of drug-likeness (QED) is 0.152. The molecule has 1 atom stereocenters. The number of carbonyl (C=O) groups excluding carboxylic acids is 2. The van der Waals surface area contributed by atoms with Crippen molar-refractivity contribution in [3.63, 3.8) is 0 Å². The summed E-state index contributed by atoms with van der Waals surface area (Å²) in [5, 5.41) is 2.76. The van der Waals surface area contributed by atoms with Gasteiger partial charge in [0.25, 0.3) is 0 Å². The van der Waals surface area contributed by atoms with Crippen LogP contribution in [0.4, 0.5) is 4.79 Å². The molecular formula is C27H39NO8Si. The number of rotatable bonds is 15. The maximum absolute atomic E-state index is 12.2. The van der Waals surface area contributed by atoms with Gasteiger partial charge in [0.05, 0.1) is 13.7 Å². The summed E-state index contributed by atoms with van der Waals surface area (Å²) in [7, 11) is 3.68. The minimum absolute atomic E-state index is 0.274. The minimum Gasteiger partial charge on any atom is -0.497 e. The molecule has 2 aromatic carbocycles. The van der Waals surface area contributed by atoms with Gasteiger partial charge in [-0.05, 0) is 54.7 Å². The normalized spacial score (nSPS) is 12.9. The summed E-state index contributed by atoms with van der Waals surface area (Å²) < 4.78 is 32.1. The third-order valence-corrected chi connectivity index (χ3v) is 9.23. The van der Waals surface area contributed by atoms with E-state index in [0.29, 0.717) is 31.2 Å². The molecule has 0 bridgehead atoms. The molecule has 2 rings (SSSR count). The van der Waals surface area contributed by atoms with Crippen molar-refractivity contribution >= 4 is 20.9 Å². The molecule has 37 heavy (non-hydrogen) atoms. The van der Waals surface area contributed by atoms with Crippen LogP contribution in [0.5, 0.6) is 11.5 Å². The molecule has 1 N–H and O–H groups in total. The van der Waals surface area contributed by atoms with Crippen molar-refractivity contribution in [2.75, 3.05) is 41.6 Å². The Bertz CT molecular complexity index is 971. The summed E-state index contributed by atoms with van der Waals surface area (Å²) in [6.45, 7) is 4.23. The summed E-state index contributed by atoms with van der Waals surface area (Å²) in [6, 6.07) is 16.0. The highest BCUT2D eigenvalue weighted by molar-refractivity contribution is 6.60. The van der Waals surface area contributed by atoms with E-state index < -0.39 is 14.9 Å². The van der Waals surface area contributed by atoms with Gasteiger partial charge >= 0.3 is 20.9 Å². The molecule has 204 valence electrons. The Labute approximate surface area is 220 Å². The predicted octanol–water partition coefficient (Wildman–Crippen LogP) is 4.70. The number of alkyl carbamates (subject to hydrolysis) is 1. The Kier molecular flexibility index (Phi) is 12.1. The van der Waals surface area contributed by atoms with E-state index in [1.54, 1.807) is 40.6 Å². The van der Waals surface area contributed by atoms with Gasteiger partial charge in [0.1, 0.15) is 11.5 Å². The zero-order valence-corrected chi connectivity index (χ0v) is 23.6. The highest BCUT2D eigenvalue weighted by atomic mass is 28.4. The summed E-state index contributed by atoms with van der Waals surface area (Å²) >= 11 is 0. The number of methoxy groups -OCH3 is 1. The van der Waals surface area contributed by atoms with Crippen molar-refractivity contribution in [2.24, 2.45) is 0 Å². The number of nitrogens with one attached hydrogen (secondary N) is 1. The number of hydrogen-bond acceptors (Lipinski definition) is 8. The topological polar surface area (TPSA) is 102 Å². The highest BCUT2D eigenvalue weighted by Crippen LogP contribution is 2.38. The first-order valence-corrected chi connectivity index (χ1v) is 14.1. The lowest BCUT2D eigenvalue weighted by atomic mass is 9.73. The number of benzene rings is 2. The van der Waals surface area contributed by atoms with Gasteiger partial charge in [-0.25, -0.2) is 4.79 Å². The Morgan fingerprint density at radius 2 is 1.38 bits per heavy atom. The molecule has 0 saturated heterocycles. The summed E-state index contributed by atoms with van der Waals surface area (Å²) in [5.74, 6) is 0.908. The van der Waals surface area contributed by atoms with Crippen LogP contribution in [-0.4, -0.2) is 62.5 Å². The van der Waals surface area contributed by atoms with Crippen molar-refractivity contribution in [3.8, 4) is 11.5 Å². The Balaban J connectivity index is 1.96. The maximum Gasteiger partial charge on any atom is 0.500 e. The number of ether oxygens (including phenoxy) is 3. The molecule has 1 amide bonds. The van der Waals surface area contributed by atoms with Crippen molar-refractivity contribution in [3.05, 3.63) is 59.7 Å². The summed E-state index contributed by atoms with van der Waals surface area (Å²) in [5.41, 5.74) is 1.79. The van der Waals surface area contributed by atoms with Gasteiger partial charge in [0.2, 0.25) is 0 Å². The fourth-order valence-electron chi connectivity index (χ4n) is 4.16. The summed E-state index contributed by atoms with van der Waals surface area (Å²) in [4.78, 5) is 23.4. The Morgan fingerprint density at radius 1 is 0.838 bits per heavy atom. The van der Waals surface area contributed by atoms with Gasteiger partial charge in [-0.15, -0.1) is 0 Å². The molecule has 0 saturated carbocycles. The van der Waals surface area contributed by atoms with Crippen molar-refractivity contribution < 1.29 is 37.1 Å². The minimum atomic E-state index is -2.65. The van der Waals surface area contributed by atoms with Crippen LogP contribution in [0.25, 0.3) is 0 Å². The second-order valence-electron chi connectivity index (χ2n) is 8.74. The second-order valence-corrected chi connectivity index (χ2v) is 11.8. The molecule has 0 aliphatic carbocycles. The van der Waals surface area contributed by atoms with Crippen LogP contribution in [0, 0.1) is 0 Å². The molecule has 1 unspecified atom stereocenters. The standard InChI is InChI=1S/C27H39NO8Si/c1-21(29)36-25-15-11-23(12-16-25)27(2,22-9-13-24(31-3)14-10-22)17-7-19-35-26(30)28-18-8-20-37(32-4,33-5)34-6/h9-16H,7-8,17-20H2,1-6H3,(H,28,30). The third kappa shape index (κ3) is 8.85. The van der Waals surface area contributed by atoms with Crippen LogP contribution in [0.3, 0.4) is 0 Å². The van der Waals surface area contributed by atoms with E-state index in [-0.39, 0.29) is 18.0 Å². The Hall–Kier alpha value is -2.92. The first-order chi connectivity index (χ1) is 17.7. The maximum atomic E-state index is 12.2. The van der Waals surface area contributed by atoms with E-state index in [2.05, 4.69) is 12.2 Å². The first-order valence-electron chi connectivity index (χ1n) is 12.2. The molecule has 0 aliphatic rings. The number of esters is 1. The Morgan fingerprint density at radius 3 is 1.86 bits per heavy atom. The number of hydrogen-bond donors (Lipinski definition) is 1. The average Bonchev–Trinajstić information content (AvgIpc) is 2.91. The fraction of sp³-hybridized carbons (Fsp3) is 0.481. The van der Waals surface area contributed by atoms with Crippen LogP contribution < -0.4 is 14.8 Å². The molecule has 0 heterocycles.